The fourth-order valence-electron chi connectivity index (χ4n) is 2.94. The van der Waals surface area contributed by atoms with Crippen LogP contribution in [0.1, 0.15) is 6.92 Å². The van der Waals surface area contributed by atoms with Crippen LogP contribution in [0, 0.1) is 0 Å². The molecule has 2 aromatic carbocycles. The van der Waals surface area contributed by atoms with Crippen LogP contribution in [0.4, 0.5) is 0 Å². The van der Waals surface area contributed by atoms with Crippen molar-refractivity contribution in [2.75, 3.05) is 28.3 Å². The molecule has 0 saturated carbocycles. The van der Waals surface area contributed by atoms with Crippen molar-refractivity contribution in [2.45, 2.75) is 22.2 Å². The molecule has 12 heteroatoms. The highest BCUT2D eigenvalue weighted by atomic mass is 32.2. The van der Waals surface area contributed by atoms with E-state index in [0.717, 1.165) is 16.1 Å². The monoisotopic (exact) mass is 491 g/mol. The van der Waals surface area contributed by atoms with Gasteiger partial charge in [-0.05, 0) is 31.2 Å². The summed E-state index contributed by atoms with van der Waals surface area (Å²) in [4.78, 5) is 11.8. The summed E-state index contributed by atoms with van der Waals surface area (Å²) in [6, 6.07) is 11.6. The van der Waals surface area contributed by atoms with Gasteiger partial charge in [0, 0.05) is 25.7 Å². The molecule has 3 aromatic rings. The number of aromatic nitrogens is 3. The van der Waals surface area contributed by atoms with Crippen LogP contribution in [0.15, 0.2) is 52.5 Å². The third kappa shape index (κ3) is 4.97. The highest BCUT2D eigenvalue weighted by Crippen LogP contribution is 2.36. The SMILES string of the molecule is COc1ccc(OC)c(-n2c(SC(C)C(N)=O)nnc2-c2cccc(S(=O)(=O)N(C)C)c2)c1. The van der Waals surface area contributed by atoms with Crippen LogP contribution in [0.5, 0.6) is 11.5 Å². The number of nitrogens with zero attached hydrogens (tertiary/aromatic N) is 4. The molecule has 176 valence electrons. The molecule has 1 unspecified atom stereocenters. The molecular formula is C21H25N5O5S2. The van der Waals surface area contributed by atoms with E-state index in [0.29, 0.717) is 33.7 Å². The number of hydrogen-bond acceptors (Lipinski definition) is 8. The number of ether oxygens (including phenoxy) is 2. The van der Waals surface area contributed by atoms with Crippen molar-refractivity contribution in [1.29, 1.82) is 0 Å². The fourth-order valence-corrected chi connectivity index (χ4v) is 4.70. The number of methoxy groups -OCH3 is 2. The van der Waals surface area contributed by atoms with Crippen molar-refractivity contribution in [2.24, 2.45) is 5.73 Å². The van der Waals surface area contributed by atoms with Crippen molar-refractivity contribution in [1.82, 2.24) is 19.1 Å². The molecule has 1 aromatic heterocycles. The molecule has 0 fully saturated rings. The van der Waals surface area contributed by atoms with E-state index < -0.39 is 21.2 Å². The summed E-state index contributed by atoms with van der Waals surface area (Å²) < 4.78 is 39.1. The lowest BCUT2D eigenvalue weighted by Gasteiger charge is -2.16. The third-order valence-corrected chi connectivity index (χ3v) is 7.69. The number of nitrogens with two attached hydrogens (primary N) is 1. The van der Waals surface area contributed by atoms with Gasteiger partial charge in [-0.25, -0.2) is 12.7 Å². The first-order valence-electron chi connectivity index (χ1n) is 9.77. The van der Waals surface area contributed by atoms with Gasteiger partial charge in [-0.1, -0.05) is 23.9 Å². The van der Waals surface area contributed by atoms with Gasteiger partial charge in [-0.3, -0.25) is 9.36 Å². The van der Waals surface area contributed by atoms with E-state index in [1.807, 2.05) is 0 Å². The molecule has 0 bridgehead atoms. The lowest BCUT2D eigenvalue weighted by Crippen LogP contribution is -2.23. The summed E-state index contributed by atoms with van der Waals surface area (Å²) in [6.45, 7) is 1.67. The number of rotatable bonds is 9. The average molecular weight is 492 g/mol. The molecule has 0 saturated heterocycles. The lowest BCUT2D eigenvalue weighted by molar-refractivity contribution is -0.117. The van der Waals surface area contributed by atoms with Gasteiger partial charge in [0.2, 0.25) is 15.9 Å². The van der Waals surface area contributed by atoms with Crippen molar-refractivity contribution < 1.29 is 22.7 Å². The first kappa shape index (κ1) is 24.6. The van der Waals surface area contributed by atoms with Crippen molar-refractivity contribution >= 4 is 27.7 Å². The van der Waals surface area contributed by atoms with Gasteiger partial charge in [-0.2, -0.15) is 0 Å². The minimum absolute atomic E-state index is 0.108. The Balaban J connectivity index is 2.27. The summed E-state index contributed by atoms with van der Waals surface area (Å²) >= 11 is 1.13. The molecule has 0 aliphatic rings. The van der Waals surface area contributed by atoms with Gasteiger partial charge in [0.05, 0.1) is 30.1 Å². The highest BCUT2D eigenvalue weighted by Gasteiger charge is 2.24. The van der Waals surface area contributed by atoms with E-state index in [9.17, 15) is 13.2 Å². The number of sulfonamides is 1. The van der Waals surface area contributed by atoms with Crippen LogP contribution in [0.2, 0.25) is 0 Å². The zero-order valence-corrected chi connectivity index (χ0v) is 20.5. The van der Waals surface area contributed by atoms with Gasteiger partial charge >= 0.3 is 0 Å². The molecule has 0 aliphatic heterocycles. The summed E-state index contributed by atoms with van der Waals surface area (Å²) in [5, 5.41) is 8.36. The number of amides is 1. The van der Waals surface area contributed by atoms with Gasteiger partial charge in [0.15, 0.2) is 11.0 Å². The molecule has 1 amide bonds. The largest absolute Gasteiger partial charge is 0.497 e. The zero-order chi connectivity index (χ0) is 24.3. The Morgan fingerprint density at radius 1 is 1.12 bits per heavy atom. The maximum atomic E-state index is 12.7. The molecule has 1 atom stereocenters. The number of carbonyl (C=O) groups is 1. The zero-order valence-electron chi connectivity index (χ0n) is 18.8. The van der Waals surface area contributed by atoms with Crippen LogP contribution >= 0.6 is 11.8 Å². The van der Waals surface area contributed by atoms with Crippen LogP contribution in [0.25, 0.3) is 17.1 Å². The summed E-state index contributed by atoms with van der Waals surface area (Å²) in [5.74, 6) is 0.917. The number of carbonyl (C=O) groups excluding carboxylic acids is 1. The van der Waals surface area contributed by atoms with Gasteiger partial charge in [0.25, 0.3) is 0 Å². The fraction of sp³-hybridized carbons (Fsp3) is 0.286. The number of hydrogen-bond donors (Lipinski definition) is 1. The minimum atomic E-state index is -3.67. The number of thioether (sulfide) groups is 1. The highest BCUT2D eigenvalue weighted by molar-refractivity contribution is 8.00. The van der Waals surface area contributed by atoms with E-state index in [1.165, 1.54) is 33.3 Å². The normalized spacial score (nSPS) is 12.5. The molecule has 2 N–H and O–H groups in total. The van der Waals surface area contributed by atoms with E-state index in [1.54, 1.807) is 48.9 Å². The predicted molar refractivity (Wildman–Crippen MR) is 125 cm³/mol. The maximum Gasteiger partial charge on any atom is 0.242 e. The Bertz CT molecular complexity index is 1270. The molecular weight excluding hydrogens is 466 g/mol. The molecule has 0 aliphatic carbocycles. The first-order valence-corrected chi connectivity index (χ1v) is 12.1. The predicted octanol–water partition coefficient (Wildman–Crippen LogP) is 2.17. The minimum Gasteiger partial charge on any atom is -0.497 e. The van der Waals surface area contributed by atoms with Gasteiger partial charge in [0.1, 0.15) is 11.5 Å². The standard InChI is InChI=1S/C21H25N5O5S2/c1-13(19(22)27)32-21-24-23-20(14-7-6-8-16(11-14)33(28,29)25(2)3)26(21)17-12-15(30-4)9-10-18(17)31-5/h6-13H,1-5H3,(H2,22,27). The molecule has 0 spiro atoms. The van der Waals surface area contributed by atoms with Crippen LogP contribution in [0.3, 0.4) is 0 Å². The molecule has 10 nitrogen and oxygen atoms in total. The first-order chi connectivity index (χ1) is 15.6. The smallest absolute Gasteiger partial charge is 0.242 e. The van der Waals surface area contributed by atoms with E-state index in [4.69, 9.17) is 15.2 Å². The van der Waals surface area contributed by atoms with Crippen molar-refractivity contribution in [3.8, 4) is 28.6 Å². The molecule has 3 rings (SSSR count). The second-order valence-corrected chi connectivity index (χ2v) is 10.6. The van der Waals surface area contributed by atoms with Gasteiger partial charge in [-0.15, -0.1) is 10.2 Å². The summed E-state index contributed by atoms with van der Waals surface area (Å²) in [5.41, 5.74) is 6.52. The van der Waals surface area contributed by atoms with Crippen LogP contribution in [-0.4, -0.2) is 67.0 Å². The second kappa shape index (κ2) is 9.81. The maximum absolute atomic E-state index is 12.7. The molecule has 1 heterocycles. The summed E-state index contributed by atoms with van der Waals surface area (Å²) in [7, 11) is 2.33. The van der Waals surface area contributed by atoms with Crippen LogP contribution < -0.4 is 15.2 Å². The lowest BCUT2D eigenvalue weighted by atomic mass is 10.2. The van der Waals surface area contributed by atoms with E-state index in [2.05, 4.69) is 10.2 Å². The third-order valence-electron chi connectivity index (χ3n) is 4.81. The Kier molecular flexibility index (Phi) is 7.30. The molecule has 0 radical (unpaired) electrons. The summed E-state index contributed by atoms with van der Waals surface area (Å²) in [6.07, 6.45) is 0. The Labute approximate surface area is 196 Å². The van der Waals surface area contributed by atoms with E-state index >= 15 is 0 Å². The Morgan fingerprint density at radius 2 is 1.85 bits per heavy atom. The second-order valence-electron chi connectivity index (χ2n) is 7.16. The van der Waals surface area contributed by atoms with Crippen molar-refractivity contribution in [3.05, 3.63) is 42.5 Å². The Morgan fingerprint density at radius 3 is 2.45 bits per heavy atom. The van der Waals surface area contributed by atoms with E-state index in [-0.39, 0.29) is 4.90 Å². The van der Waals surface area contributed by atoms with Crippen molar-refractivity contribution in [3.63, 3.8) is 0 Å². The topological polar surface area (TPSA) is 130 Å². The van der Waals surface area contributed by atoms with Gasteiger partial charge < -0.3 is 15.2 Å². The quantitative estimate of drug-likeness (QED) is 0.451. The molecule has 33 heavy (non-hydrogen) atoms. The van der Waals surface area contributed by atoms with Crippen LogP contribution in [-0.2, 0) is 14.8 Å². The Hall–Kier alpha value is -3.09. The number of primary amides is 1. The average Bonchev–Trinajstić information content (AvgIpc) is 3.21. The number of benzene rings is 2.